The quantitative estimate of drug-likeness (QED) is 0.728. The molecule has 2 aromatic carbocycles. The highest BCUT2D eigenvalue weighted by atomic mass is 79.9. The van der Waals surface area contributed by atoms with Crippen molar-refractivity contribution in [1.82, 2.24) is 4.90 Å². The van der Waals surface area contributed by atoms with Crippen molar-refractivity contribution in [3.05, 3.63) is 69.0 Å². The van der Waals surface area contributed by atoms with Crippen molar-refractivity contribution >= 4 is 56.5 Å². The van der Waals surface area contributed by atoms with E-state index in [4.69, 9.17) is 0 Å². The number of rotatable bonds is 4. The summed E-state index contributed by atoms with van der Waals surface area (Å²) in [5.74, 6) is -0.890. The fourth-order valence-corrected chi connectivity index (χ4v) is 3.57. The van der Waals surface area contributed by atoms with Crippen LogP contribution in [0.2, 0.25) is 0 Å². The Morgan fingerprint density at radius 2 is 1.85 bits per heavy atom. The van der Waals surface area contributed by atoms with Crippen LogP contribution in [0.4, 0.5) is 10.5 Å². The molecule has 0 aromatic heterocycles. The Labute approximate surface area is 163 Å². The number of nitrogens with zero attached hydrogens (tertiary/aromatic N) is 1. The monoisotopic (exact) mass is 430 g/mol. The minimum Gasteiger partial charge on any atom is -0.324 e. The molecule has 3 amide bonds. The van der Waals surface area contributed by atoms with E-state index in [-0.39, 0.29) is 6.54 Å². The van der Waals surface area contributed by atoms with Crippen molar-refractivity contribution in [2.24, 2.45) is 0 Å². The van der Waals surface area contributed by atoms with Crippen LogP contribution in [0.3, 0.4) is 0 Å². The van der Waals surface area contributed by atoms with Gasteiger partial charge in [-0.2, -0.15) is 0 Å². The molecule has 1 saturated heterocycles. The maximum atomic E-state index is 12.5. The lowest BCUT2D eigenvalue weighted by molar-refractivity contribution is -0.127. The molecular formula is C19H15BrN2O3S. The van der Waals surface area contributed by atoms with Crippen LogP contribution < -0.4 is 5.32 Å². The van der Waals surface area contributed by atoms with E-state index in [9.17, 15) is 14.4 Å². The Kier molecular flexibility index (Phi) is 5.58. The number of thioether (sulfide) groups is 1. The first-order chi connectivity index (χ1) is 12.4. The number of carbonyl (C=O) groups excluding carboxylic acids is 3. The molecule has 2 aromatic rings. The topological polar surface area (TPSA) is 66.5 Å². The molecule has 0 atom stereocenters. The molecule has 1 fully saturated rings. The lowest BCUT2D eigenvalue weighted by Gasteiger charge is -2.13. The second-order valence-corrected chi connectivity index (χ2v) is 7.55. The SMILES string of the molecule is Cc1ccc(/C=C2/SC(=O)N(CC(=O)Nc3ccccc3Br)C2=O)cc1. The van der Waals surface area contributed by atoms with Crippen LogP contribution in [-0.2, 0) is 9.59 Å². The molecule has 0 aliphatic carbocycles. The Morgan fingerprint density at radius 1 is 1.15 bits per heavy atom. The van der Waals surface area contributed by atoms with E-state index in [1.165, 1.54) is 0 Å². The average Bonchev–Trinajstić information content (AvgIpc) is 2.86. The Hall–Kier alpha value is -2.38. The molecule has 1 N–H and O–H groups in total. The zero-order valence-electron chi connectivity index (χ0n) is 13.9. The molecule has 132 valence electrons. The first kappa shape index (κ1) is 18.4. The Balaban J connectivity index is 1.70. The van der Waals surface area contributed by atoms with Gasteiger partial charge in [-0.15, -0.1) is 0 Å². The molecule has 5 nitrogen and oxygen atoms in total. The molecular weight excluding hydrogens is 416 g/mol. The first-order valence-corrected chi connectivity index (χ1v) is 9.41. The molecule has 0 unspecified atom stereocenters. The lowest BCUT2D eigenvalue weighted by Crippen LogP contribution is -2.36. The van der Waals surface area contributed by atoms with Crippen LogP contribution in [0, 0.1) is 6.92 Å². The second kappa shape index (κ2) is 7.88. The highest BCUT2D eigenvalue weighted by Crippen LogP contribution is 2.32. The van der Waals surface area contributed by atoms with Gasteiger partial charge in [0.05, 0.1) is 10.6 Å². The maximum Gasteiger partial charge on any atom is 0.294 e. The number of nitrogens with one attached hydrogen (secondary N) is 1. The van der Waals surface area contributed by atoms with E-state index >= 15 is 0 Å². The smallest absolute Gasteiger partial charge is 0.294 e. The fraction of sp³-hybridized carbons (Fsp3) is 0.105. The van der Waals surface area contributed by atoms with Crippen molar-refractivity contribution in [3.8, 4) is 0 Å². The molecule has 0 radical (unpaired) electrons. The number of benzene rings is 2. The predicted octanol–water partition coefficient (Wildman–Crippen LogP) is 4.43. The highest BCUT2D eigenvalue weighted by molar-refractivity contribution is 9.10. The van der Waals surface area contributed by atoms with E-state index in [2.05, 4.69) is 21.2 Å². The molecule has 3 rings (SSSR count). The van der Waals surface area contributed by atoms with Gasteiger partial charge in [0, 0.05) is 4.47 Å². The van der Waals surface area contributed by atoms with Gasteiger partial charge in [-0.1, -0.05) is 42.0 Å². The highest BCUT2D eigenvalue weighted by Gasteiger charge is 2.36. The minimum absolute atomic E-state index is 0.313. The van der Waals surface area contributed by atoms with Crippen molar-refractivity contribution in [2.45, 2.75) is 6.92 Å². The van der Waals surface area contributed by atoms with Gasteiger partial charge >= 0.3 is 0 Å². The molecule has 0 spiro atoms. The number of carbonyl (C=O) groups is 3. The van der Waals surface area contributed by atoms with Crippen LogP contribution in [0.25, 0.3) is 6.08 Å². The largest absolute Gasteiger partial charge is 0.324 e. The van der Waals surface area contributed by atoms with Crippen LogP contribution in [0.1, 0.15) is 11.1 Å². The molecule has 26 heavy (non-hydrogen) atoms. The van der Waals surface area contributed by atoms with Gasteiger partial charge in [-0.3, -0.25) is 19.3 Å². The summed E-state index contributed by atoms with van der Waals surface area (Å²) in [4.78, 5) is 38.1. The van der Waals surface area contributed by atoms with Gasteiger partial charge in [-0.05, 0) is 58.4 Å². The summed E-state index contributed by atoms with van der Waals surface area (Å²) in [7, 11) is 0. The third-order valence-electron chi connectivity index (χ3n) is 3.70. The van der Waals surface area contributed by atoms with Gasteiger partial charge in [-0.25, -0.2) is 0 Å². The number of aryl methyl sites for hydroxylation is 1. The van der Waals surface area contributed by atoms with E-state index in [1.807, 2.05) is 37.3 Å². The molecule has 1 heterocycles. The zero-order valence-corrected chi connectivity index (χ0v) is 16.3. The summed E-state index contributed by atoms with van der Waals surface area (Å²) in [6.45, 7) is 1.65. The van der Waals surface area contributed by atoms with Crippen molar-refractivity contribution < 1.29 is 14.4 Å². The Bertz CT molecular complexity index is 909. The number of para-hydroxylation sites is 1. The summed E-state index contributed by atoms with van der Waals surface area (Å²) in [6.07, 6.45) is 1.66. The van der Waals surface area contributed by atoms with E-state index in [1.54, 1.807) is 24.3 Å². The predicted molar refractivity (Wildman–Crippen MR) is 107 cm³/mol. The minimum atomic E-state index is -0.456. The molecule has 1 aliphatic heterocycles. The van der Waals surface area contributed by atoms with Gasteiger partial charge < -0.3 is 5.32 Å². The molecule has 0 saturated carbocycles. The summed E-state index contributed by atoms with van der Waals surface area (Å²) >= 11 is 4.18. The summed E-state index contributed by atoms with van der Waals surface area (Å²) in [6, 6.07) is 14.7. The second-order valence-electron chi connectivity index (χ2n) is 5.71. The zero-order chi connectivity index (χ0) is 18.7. The summed E-state index contributed by atoms with van der Waals surface area (Å²) in [5.41, 5.74) is 2.53. The number of anilines is 1. The van der Waals surface area contributed by atoms with Crippen LogP contribution in [-0.4, -0.2) is 28.5 Å². The van der Waals surface area contributed by atoms with Crippen LogP contribution >= 0.6 is 27.7 Å². The third kappa shape index (κ3) is 4.23. The lowest BCUT2D eigenvalue weighted by atomic mass is 10.1. The number of hydrogen-bond donors (Lipinski definition) is 1. The number of hydrogen-bond acceptors (Lipinski definition) is 4. The number of amides is 3. The maximum absolute atomic E-state index is 12.5. The van der Waals surface area contributed by atoms with Gasteiger partial charge in [0.2, 0.25) is 5.91 Å². The fourth-order valence-electron chi connectivity index (χ4n) is 2.35. The normalized spacial score (nSPS) is 15.6. The summed E-state index contributed by atoms with van der Waals surface area (Å²) in [5, 5.41) is 2.24. The molecule has 1 aliphatic rings. The number of halogens is 1. The van der Waals surface area contributed by atoms with Crippen LogP contribution in [0.5, 0.6) is 0 Å². The number of imide groups is 1. The van der Waals surface area contributed by atoms with Gasteiger partial charge in [0.15, 0.2) is 0 Å². The van der Waals surface area contributed by atoms with Gasteiger partial charge in [0.25, 0.3) is 11.1 Å². The summed E-state index contributed by atoms with van der Waals surface area (Å²) < 4.78 is 0.724. The van der Waals surface area contributed by atoms with Gasteiger partial charge in [0.1, 0.15) is 6.54 Å². The van der Waals surface area contributed by atoms with Crippen molar-refractivity contribution in [3.63, 3.8) is 0 Å². The van der Waals surface area contributed by atoms with Crippen molar-refractivity contribution in [2.75, 3.05) is 11.9 Å². The first-order valence-electron chi connectivity index (χ1n) is 7.80. The average molecular weight is 431 g/mol. The van der Waals surface area contributed by atoms with Crippen molar-refractivity contribution in [1.29, 1.82) is 0 Å². The van der Waals surface area contributed by atoms with E-state index in [0.29, 0.717) is 10.6 Å². The molecule has 7 heteroatoms. The van der Waals surface area contributed by atoms with E-state index < -0.39 is 17.1 Å². The Morgan fingerprint density at radius 3 is 2.54 bits per heavy atom. The molecule has 0 bridgehead atoms. The standard InChI is InChI=1S/C19H15BrN2O3S/c1-12-6-8-13(9-7-12)10-16-18(24)22(19(25)26-16)11-17(23)21-15-5-3-2-4-14(15)20/h2-10H,11H2,1H3,(H,21,23)/b16-10+. The third-order valence-corrected chi connectivity index (χ3v) is 5.30. The van der Waals surface area contributed by atoms with Crippen LogP contribution in [0.15, 0.2) is 57.9 Å². The van der Waals surface area contributed by atoms with E-state index in [0.717, 1.165) is 32.3 Å².